The van der Waals surface area contributed by atoms with Gasteiger partial charge in [-0.15, -0.1) is 0 Å². The maximum atomic E-state index is 11.7. The van der Waals surface area contributed by atoms with Gasteiger partial charge in [0, 0.05) is 13.6 Å². The van der Waals surface area contributed by atoms with Gasteiger partial charge in [0.1, 0.15) is 0 Å². The van der Waals surface area contributed by atoms with Crippen LogP contribution < -0.4 is 0 Å². The molecule has 0 unspecified atom stereocenters. The first-order valence-corrected chi connectivity index (χ1v) is 9.38. The molecule has 0 fully saturated rings. The maximum Gasteiger partial charge on any atom is 0.452 e. The Hall–Kier alpha value is -1.69. The fourth-order valence-electron chi connectivity index (χ4n) is 1.89. The standard InChI is InChI=1S/C18H27NO4S/c1-15(2)14-24-13-7-12-19(3)18(21)23-22-17(20)11-10-16-8-5-4-6-9-16/h4-6,8-9,15H,7,10-14H2,1-3H3. The fourth-order valence-corrected chi connectivity index (χ4v) is 2.86. The van der Waals surface area contributed by atoms with Crippen LogP contribution in [0.3, 0.4) is 0 Å². The monoisotopic (exact) mass is 353 g/mol. The van der Waals surface area contributed by atoms with Crippen LogP contribution in [0, 0.1) is 5.92 Å². The Bertz CT molecular complexity index is 493. The van der Waals surface area contributed by atoms with Crippen LogP contribution in [-0.4, -0.2) is 42.1 Å². The molecule has 24 heavy (non-hydrogen) atoms. The summed E-state index contributed by atoms with van der Waals surface area (Å²) < 4.78 is 0. The third kappa shape index (κ3) is 9.45. The van der Waals surface area contributed by atoms with Crippen molar-refractivity contribution in [1.82, 2.24) is 4.90 Å². The fraction of sp³-hybridized carbons (Fsp3) is 0.556. The van der Waals surface area contributed by atoms with Gasteiger partial charge in [-0.25, -0.2) is 19.4 Å². The van der Waals surface area contributed by atoms with Crippen molar-refractivity contribution < 1.29 is 19.4 Å². The van der Waals surface area contributed by atoms with E-state index in [1.54, 1.807) is 7.05 Å². The van der Waals surface area contributed by atoms with Crippen LogP contribution in [0.4, 0.5) is 4.79 Å². The second-order valence-electron chi connectivity index (χ2n) is 6.03. The second kappa shape index (κ2) is 11.8. The van der Waals surface area contributed by atoms with E-state index in [2.05, 4.69) is 23.6 Å². The number of amides is 1. The number of rotatable bonds is 9. The van der Waals surface area contributed by atoms with Gasteiger partial charge in [0.25, 0.3) is 0 Å². The van der Waals surface area contributed by atoms with E-state index in [-0.39, 0.29) is 6.42 Å². The molecular weight excluding hydrogens is 326 g/mol. The highest BCUT2D eigenvalue weighted by Gasteiger charge is 2.14. The molecule has 0 saturated carbocycles. The van der Waals surface area contributed by atoms with Gasteiger partial charge < -0.3 is 4.90 Å². The Morgan fingerprint density at radius 1 is 1.17 bits per heavy atom. The zero-order valence-electron chi connectivity index (χ0n) is 14.7. The van der Waals surface area contributed by atoms with Crippen LogP contribution >= 0.6 is 11.8 Å². The molecule has 0 radical (unpaired) electrons. The Balaban J connectivity index is 2.12. The predicted molar refractivity (Wildman–Crippen MR) is 96.7 cm³/mol. The first kappa shape index (κ1) is 20.4. The lowest BCUT2D eigenvalue weighted by Crippen LogP contribution is -2.29. The molecule has 0 aliphatic carbocycles. The van der Waals surface area contributed by atoms with Crippen molar-refractivity contribution in [3.63, 3.8) is 0 Å². The van der Waals surface area contributed by atoms with Crippen LogP contribution in [0.2, 0.25) is 0 Å². The summed E-state index contributed by atoms with van der Waals surface area (Å²) in [5, 5.41) is 0. The van der Waals surface area contributed by atoms with Crippen molar-refractivity contribution in [2.24, 2.45) is 5.92 Å². The van der Waals surface area contributed by atoms with Gasteiger partial charge in [-0.2, -0.15) is 11.8 Å². The van der Waals surface area contributed by atoms with Crippen LogP contribution in [0.1, 0.15) is 32.3 Å². The van der Waals surface area contributed by atoms with Gasteiger partial charge in [-0.05, 0) is 35.8 Å². The van der Waals surface area contributed by atoms with Crippen molar-refractivity contribution in [1.29, 1.82) is 0 Å². The number of carbonyl (C=O) groups excluding carboxylic acids is 2. The molecule has 1 amide bonds. The smallest absolute Gasteiger partial charge is 0.308 e. The Labute approximate surface area is 148 Å². The predicted octanol–water partition coefficient (Wildman–Crippen LogP) is 3.93. The number of nitrogens with zero attached hydrogens (tertiary/aromatic N) is 1. The molecule has 0 aliphatic rings. The normalized spacial score (nSPS) is 10.5. The topological polar surface area (TPSA) is 55.8 Å². The molecule has 0 atom stereocenters. The highest BCUT2D eigenvalue weighted by Crippen LogP contribution is 2.09. The van der Waals surface area contributed by atoms with Crippen LogP contribution in [0.25, 0.3) is 0 Å². The van der Waals surface area contributed by atoms with Gasteiger partial charge in [0.05, 0.1) is 6.42 Å². The highest BCUT2D eigenvalue weighted by atomic mass is 32.2. The van der Waals surface area contributed by atoms with E-state index in [0.717, 1.165) is 23.5 Å². The van der Waals surface area contributed by atoms with E-state index in [4.69, 9.17) is 0 Å². The molecule has 6 heteroatoms. The number of hydrogen-bond acceptors (Lipinski definition) is 5. The quantitative estimate of drug-likeness (QED) is 0.382. The lowest BCUT2D eigenvalue weighted by molar-refractivity contribution is -0.236. The lowest BCUT2D eigenvalue weighted by Gasteiger charge is -2.15. The molecule has 0 saturated heterocycles. The molecule has 1 aromatic carbocycles. The minimum atomic E-state index is -0.642. The minimum absolute atomic E-state index is 0.173. The van der Waals surface area contributed by atoms with Crippen LogP contribution in [0.15, 0.2) is 30.3 Å². The summed E-state index contributed by atoms with van der Waals surface area (Å²) in [5.74, 6) is 2.24. The lowest BCUT2D eigenvalue weighted by atomic mass is 10.1. The van der Waals surface area contributed by atoms with E-state index in [0.29, 0.717) is 18.9 Å². The van der Waals surface area contributed by atoms with E-state index in [9.17, 15) is 9.59 Å². The minimum Gasteiger partial charge on any atom is -0.308 e. The Morgan fingerprint density at radius 2 is 1.88 bits per heavy atom. The van der Waals surface area contributed by atoms with Gasteiger partial charge in [0.15, 0.2) is 0 Å². The molecule has 0 spiro atoms. The van der Waals surface area contributed by atoms with E-state index >= 15 is 0 Å². The average molecular weight is 353 g/mol. The number of carbonyl (C=O) groups is 2. The van der Waals surface area contributed by atoms with Gasteiger partial charge in [0.2, 0.25) is 0 Å². The van der Waals surface area contributed by atoms with Gasteiger partial charge >= 0.3 is 12.1 Å². The third-order valence-corrected chi connectivity index (χ3v) is 4.69. The molecule has 0 bridgehead atoms. The summed E-state index contributed by atoms with van der Waals surface area (Å²) in [6, 6.07) is 9.61. The van der Waals surface area contributed by atoms with Crippen LogP contribution in [0.5, 0.6) is 0 Å². The number of thioether (sulfide) groups is 1. The SMILES string of the molecule is CC(C)CSCCCN(C)C(=O)OOC(=O)CCc1ccccc1. The second-order valence-corrected chi connectivity index (χ2v) is 7.18. The molecule has 0 N–H and O–H groups in total. The van der Waals surface area contributed by atoms with Crippen molar-refractivity contribution in [2.45, 2.75) is 33.1 Å². The number of aryl methyl sites for hydroxylation is 1. The molecule has 134 valence electrons. The third-order valence-electron chi connectivity index (χ3n) is 3.21. The largest absolute Gasteiger partial charge is 0.452 e. The van der Waals surface area contributed by atoms with Gasteiger partial charge in [-0.3, -0.25) is 0 Å². The summed E-state index contributed by atoms with van der Waals surface area (Å²) in [6.45, 7) is 4.94. The molecule has 1 rings (SSSR count). The molecular formula is C18H27NO4S. The van der Waals surface area contributed by atoms with E-state index in [1.807, 2.05) is 42.1 Å². The zero-order valence-corrected chi connectivity index (χ0v) is 15.5. The number of hydrogen-bond donors (Lipinski definition) is 0. The summed E-state index contributed by atoms with van der Waals surface area (Å²) in [5.41, 5.74) is 1.04. The van der Waals surface area contributed by atoms with Crippen molar-refractivity contribution in [2.75, 3.05) is 25.1 Å². The van der Waals surface area contributed by atoms with Crippen molar-refractivity contribution in [3.05, 3.63) is 35.9 Å². The highest BCUT2D eigenvalue weighted by molar-refractivity contribution is 7.99. The van der Waals surface area contributed by atoms with E-state index in [1.165, 1.54) is 4.90 Å². The maximum absolute atomic E-state index is 11.7. The zero-order chi connectivity index (χ0) is 17.8. The summed E-state index contributed by atoms with van der Waals surface area (Å²) >= 11 is 1.87. The van der Waals surface area contributed by atoms with Gasteiger partial charge in [-0.1, -0.05) is 44.2 Å². The van der Waals surface area contributed by atoms with Crippen molar-refractivity contribution >= 4 is 23.8 Å². The first-order valence-electron chi connectivity index (χ1n) is 8.23. The average Bonchev–Trinajstić information content (AvgIpc) is 2.58. The Kier molecular flexibility index (Phi) is 10.00. The summed E-state index contributed by atoms with van der Waals surface area (Å²) in [4.78, 5) is 33.9. The molecule has 0 aromatic heterocycles. The summed E-state index contributed by atoms with van der Waals surface area (Å²) in [7, 11) is 1.63. The number of benzene rings is 1. The molecule has 0 heterocycles. The molecule has 1 aromatic rings. The Morgan fingerprint density at radius 3 is 2.54 bits per heavy atom. The van der Waals surface area contributed by atoms with E-state index < -0.39 is 12.1 Å². The summed E-state index contributed by atoms with van der Waals surface area (Å²) in [6.07, 6.45) is 0.967. The van der Waals surface area contributed by atoms with Crippen molar-refractivity contribution in [3.8, 4) is 0 Å². The van der Waals surface area contributed by atoms with Crippen LogP contribution in [-0.2, 0) is 21.0 Å². The molecule has 0 aliphatic heterocycles. The molecule has 5 nitrogen and oxygen atoms in total. The first-order chi connectivity index (χ1) is 11.5.